The summed E-state index contributed by atoms with van der Waals surface area (Å²) >= 11 is 0. The minimum atomic E-state index is 0.634. The Hall–Kier alpha value is -0.160. The molecule has 0 aromatic carbocycles. The molecule has 0 rings (SSSR count). The molecule has 0 saturated carbocycles. The first kappa shape index (κ1) is 16.8. The highest BCUT2D eigenvalue weighted by atomic mass is 15.2. The summed E-state index contributed by atoms with van der Waals surface area (Å²) in [5, 5.41) is 3.23. The highest BCUT2D eigenvalue weighted by molar-refractivity contribution is 4.65. The molecule has 0 radical (unpaired) electrons. The van der Waals surface area contributed by atoms with Gasteiger partial charge in [-0.25, -0.2) is 0 Å². The Labute approximate surface area is 108 Å². The monoisotopic (exact) mass is 244 g/mol. The predicted molar refractivity (Wildman–Crippen MR) is 76.7 cm³/mol. The SMILES string of the molecule is CNCCN(CCN(C)C)CCN(C)C(C)C. The van der Waals surface area contributed by atoms with E-state index in [1.54, 1.807) is 0 Å². The van der Waals surface area contributed by atoms with Gasteiger partial charge < -0.3 is 15.1 Å². The third-order valence-corrected chi connectivity index (χ3v) is 3.19. The zero-order valence-corrected chi connectivity index (χ0v) is 12.7. The molecule has 0 aliphatic rings. The molecule has 0 aliphatic heterocycles. The molecule has 0 unspecified atom stereocenters. The van der Waals surface area contributed by atoms with Crippen LogP contribution in [0.3, 0.4) is 0 Å². The summed E-state index contributed by atoms with van der Waals surface area (Å²) in [4.78, 5) is 7.19. The smallest absolute Gasteiger partial charge is 0.0110 e. The lowest BCUT2D eigenvalue weighted by Gasteiger charge is -2.28. The van der Waals surface area contributed by atoms with Crippen LogP contribution in [0.15, 0.2) is 0 Å². The van der Waals surface area contributed by atoms with Crippen LogP contribution in [0.1, 0.15) is 13.8 Å². The van der Waals surface area contributed by atoms with Crippen LogP contribution in [0.4, 0.5) is 0 Å². The van der Waals surface area contributed by atoms with E-state index in [1.807, 2.05) is 7.05 Å². The number of hydrogen-bond acceptors (Lipinski definition) is 4. The van der Waals surface area contributed by atoms with E-state index < -0.39 is 0 Å². The zero-order chi connectivity index (χ0) is 13.3. The van der Waals surface area contributed by atoms with Crippen molar-refractivity contribution in [1.29, 1.82) is 0 Å². The molecule has 0 bridgehead atoms. The normalized spacial score (nSPS) is 12.4. The summed E-state index contributed by atoms with van der Waals surface area (Å²) in [6, 6.07) is 0.634. The molecule has 0 aromatic rings. The lowest BCUT2D eigenvalue weighted by molar-refractivity contribution is 0.191. The largest absolute Gasteiger partial charge is 0.318 e. The van der Waals surface area contributed by atoms with Crippen LogP contribution in [-0.2, 0) is 0 Å². The predicted octanol–water partition coefficient (Wildman–Crippen LogP) is 0.410. The van der Waals surface area contributed by atoms with Crippen molar-refractivity contribution in [2.75, 3.05) is 67.5 Å². The molecule has 104 valence electrons. The molecule has 0 heterocycles. The van der Waals surface area contributed by atoms with E-state index in [0.717, 1.165) is 39.3 Å². The average molecular weight is 244 g/mol. The van der Waals surface area contributed by atoms with Gasteiger partial charge >= 0.3 is 0 Å². The van der Waals surface area contributed by atoms with Gasteiger partial charge in [0.2, 0.25) is 0 Å². The Morgan fingerprint density at radius 3 is 1.94 bits per heavy atom. The number of nitrogens with one attached hydrogen (secondary N) is 1. The van der Waals surface area contributed by atoms with Crippen LogP contribution in [0.2, 0.25) is 0 Å². The van der Waals surface area contributed by atoms with Crippen molar-refractivity contribution in [3.05, 3.63) is 0 Å². The first-order valence-corrected chi connectivity index (χ1v) is 6.69. The van der Waals surface area contributed by atoms with Gasteiger partial charge in [0.05, 0.1) is 0 Å². The number of nitrogens with zero attached hydrogens (tertiary/aromatic N) is 3. The zero-order valence-electron chi connectivity index (χ0n) is 12.7. The van der Waals surface area contributed by atoms with Crippen LogP contribution >= 0.6 is 0 Å². The molecule has 0 aromatic heterocycles. The molecule has 17 heavy (non-hydrogen) atoms. The second-order valence-electron chi connectivity index (χ2n) is 5.32. The fourth-order valence-corrected chi connectivity index (χ4v) is 1.50. The molecule has 0 spiro atoms. The van der Waals surface area contributed by atoms with Gasteiger partial charge in [0.15, 0.2) is 0 Å². The van der Waals surface area contributed by atoms with Crippen molar-refractivity contribution < 1.29 is 0 Å². The Kier molecular flexibility index (Phi) is 9.74. The van der Waals surface area contributed by atoms with Crippen LogP contribution in [-0.4, -0.2) is 88.2 Å². The van der Waals surface area contributed by atoms with Crippen LogP contribution in [0, 0.1) is 0 Å². The van der Waals surface area contributed by atoms with Gasteiger partial charge in [0.25, 0.3) is 0 Å². The van der Waals surface area contributed by atoms with Gasteiger partial charge in [0.1, 0.15) is 0 Å². The van der Waals surface area contributed by atoms with Crippen LogP contribution in [0.25, 0.3) is 0 Å². The first-order chi connectivity index (χ1) is 7.97. The fourth-order valence-electron chi connectivity index (χ4n) is 1.50. The molecule has 4 nitrogen and oxygen atoms in total. The maximum atomic E-state index is 3.23. The van der Waals surface area contributed by atoms with Gasteiger partial charge in [-0.2, -0.15) is 0 Å². The molecular formula is C13H32N4. The number of likely N-dealkylation sites (N-methyl/N-ethyl adjacent to an activating group) is 3. The molecular weight excluding hydrogens is 212 g/mol. The number of rotatable bonds is 10. The Balaban J connectivity index is 3.91. The summed E-state index contributed by atoms with van der Waals surface area (Å²) in [6.45, 7) is 11.3. The average Bonchev–Trinajstić information content (AvgIpc) is 2.27. The molecule has 1 N–H and O–H groups in total. The molecule has 0 aliphatic carbocycles. The fraction of sp³-hybridized carbons (Fsp3) is 1.00. The van der Waals surface area contributed by atoms with Crippen LogP contribution < -0.4 is 5.32 Å². The van der Waals surface area contributed by atoms with Gasteiger partial charge in [-0.15, -0.1) is 0 Å². The van der Waals surface area contributed by atoms with E-state index in [0.29, 0.717) is 6.04 Å². The molecule has 4 heteroatoms. The Morgan fingerprint density at radius 2 is 1.47 bits per heavy atom. The van der Waals surface area contributed by atoms with E-state index in [2.05, 4.69) is 55.0 Å². The second kappa shape index (κ2) is 9.83. The molecule has 0 atom stereocenters. The second-order valence-corrected chi connectivity index (χ2v) is 5.32. The number of hydrogen-bond donors (Lipinski definition) is 1. The summed E-state index contributed by atoms with van der Waals surface area (Å²) in [7, 11) is 8.49. The molecule has 0 amide bonds. The van der Waals surface area contributed by atoms with Gasteiger partial charge in [0, 0.05) is 45.3 Å². The first-order valence-electron chi connectivity index (χ1n) is 6.69. The highest BCUT2D eigenvalue weighted by Crippen LogP contribution is 1.95. The third-order valence-electron chi connectivity index (χ3n) is 3.19. The highest BCUT2D eigenvalue weighted by Gasteiger charge is 2.08. The minimum Gasteiger partial charge on any atom is -0.318 e. The van der Waals surface area contributed by atoms with E-state index in [-0.39, 0.29) is 0 Å². The summed E-state index contributed by atoms with van der Waals surface area (Å²) in [5.74, 6) is 0. The standard InChI is InChI=1S/C13H32N4/c1-13(2)16(6)10-12-17(8-7-14-3)11-9-15(4)5/h13-14H,7-12H2,1-6H3. The topological polar surface area (TPSA) is 21.8 Å². The molecule has 0 saturated heterocycles. The van der Waals surface area contributed by atoms with Gasteiger partial charge in [-0.05, 0) is 42.0 Å². The summed E-state index contributed by atoms with van der Waals surface area (Å²) in [5.41, 5.74) is 0. The van der Waals surface area contributed by atoms with E-state index >= 15 is 0 Å². The van der Waals surface area contributed by atoms with Crippen molar-refractivity contribution in [2.24, 2.45) is 0 Å². The van der Waals surface area contributed by atoms with Gasteiger partial charge in [-0.1, -0.05) is 0 Å². The van der Waals surface area contributed by atoms with Crippen molar-refractivity contribution in [3.63, 3.8) is 0 Å². The summed E-state index contributed by atoms with van der Waals surface area (Å²) < 4.78 is 0. The van der Waals surface area contributed by atoms with E-state index in [9.17, 15) is 0 Å². The maximum Gasteiger partial charge on any atom is 0.0110 e. The van der Waals surface area contributed by atoms with E-state index in [1.165, 1.54) is 0 Å². The maximum absolute atomic E-state index is 3.23. The Bertz CT molecular complexity index is 171. The minimum absolute atomic E-state index is 0.634. The van der Waals surface area contributed by atoms with Crippen molar-refractivity contribution in [3.8, 4) is 0 Å². The quantitative estimate of drug-likeness (QED) is 0.601. The van der Waals surface area contributed by atoms with E-state index in [4.69, 9.17) is 0 Å². The Morgan fingerprint density at radius 1 is 0.882 bits per heavy atom. The molecule has 0 fully saturated rings. The van der Waals surface area contributed by atoms with Crippen LogP contribution in [0.5, 0.6) is 0 Å². The lowest BCUT2D eigenvalue weighted by atomic mass is 10.3. The van der Waals surface area contributed by atoms with Gasteiger partial charge in [-0.3, -0.25) is 4.90 Å². The third kappa shape index (κ3) is 9.53. The van der Waals surface area contributed by atoms with Crippen molar-refractivity contribution >= 4 is 0 Å². The van der Waals surface area contributed by atoms with Crippen molar-refractivity contribution in [2.45, 2.75) is 19.9 Å². The van der Waals surface area contributed by atoms with Crippen molar-refractivity contribution in [1.82, 2.24) is 20.0 Å². The summed E-state index contributed by atoms with van der Waals surface area (Å²) in [6.07, 6.45) is 0. The lowest BCUT2D eigenvalue weighted by Crippen LogP contribution is -2.41.